The van der Waals surface area contributed by atoms with Gasteiger partial charge in [0.05, 0.1) is 7.11 Å². The molecule has 0 saturated heterocycles. The average Bonchev–Trinajstić information content (AvgIpc) is 2.47. The van der Waals surface area contributed by atoms with Gasteiger partial charge in [0.2, 0.25) is 0 Å². The van der Waals surface area contributed by atoms with Gasteiger partial charge in [-0.05, 0) is 42.0 Å². The van der Waals surface area contributed by atoms with Gasteiger partial charge < -0.3 is 10.1 Å². The van der Waals surface area contributed by atoms with Crippen LogP contribution in [0.15, 0.2) is 54.6 Å². The van der Waals surface area contributed by atoms with Gasteiger partial charge >= 0.3 is 0 Å². The van der Waals surface area contributed by atoms with E-state index >= 15 is 0 Å². The number of hydrogen-bond donors (Lipinski definition) is 1. The molecule has 2 heteroatoms. The molecule has 1 saturated carbocycles. The fourth-order valence-electron chi connectivity index (χ4n) is 2.81. The van der Waals surface area contributed by atoms with E-state index < -0.39 is 0 Å². The van der Waals surface area contributed by atoms with Gasteiger partial charge in [-0.25, -0.2) is 0 Å². The summed E-state index contributed by atoms with van der Waals surface area (Å²) in [6.45, 7) is 0.969. The molecule has 3 rings (SSSR count). The topological polar surface area (TPSA) is 21.3 Å². The molecule has 2 nitrogen and oxygen atoms in total. The molecule has 1 aliphatic rings. The molecular weight excluding hydrogens is 246 g/mol. The summed E-state index contributed by atoms with van der Waals surface area (Å²) in [6.07, 6.45) is 2.44. The molecule has 0 spiro atoms. The molecule has 1 aliphatic carbocycles. The lowest BCUT2D eigenvalue weighted by molar-refractivity contribution is 0.289. The molecule has 0 atom stereocenters. The summed E-state index contributed by atoms with van der Waals surface area (Å²) in [5.74, 6) is 1.64. The molecule has 0 heterocycles. The minimum Gasteiger partial charge on any atom is -0.497 e. The maximum absolute atomic E-state index is 5.29. The van der Waals surface area contributed by atoms with Crippen LogP contribution in [0.1, 0.15) is 29.9 Å². The normalized spacial score (nSPS) is 21.2. The van der Waals surface area contributed by atoms with Gasteiger partial charge in [-0.1, -0.05) is 42.5 Å². The van der Waals surface area contributed by atoms with Crippen molar-refractivity contribution in [3.8, 4) is 5.75 Å². The highest BCUT2D eigenvalue weighted by molar-refractivity contribution is 5.32. The number of hydrogen-bond acceptors (Lipinski definition) is 2. The second-order valence-electron chi connectivity index (χ2n) is 5.51. The van der Waals surface area contributed by atoms with Crippen molar-refractivity contribution >= 4 is 0 Å². The summed E-state index contributed by atoms with van der Waals surface area (Å²) in [5, 5.41) is 3.63. The van der Waals surface area contributed by atoms with Crippen LogP contribution < -0.4 is 10.1 Å². The van der Waals surface area contributed by atoms with Crippen molar-refractivity contribution in [1.82, 2.24) is 5.32 Å². The lowest BCUT2D eigenvalue weighted by atomic mass is 9.76. The SMILES string of the molecule is COc1cccc(C2CC(NCc3ccccc3)C2)c1. The summed E-state index contributed by atoms with van der Waals surface area (Å²) in [6, 6.07) is 19.7. The molecule has 2 aromatic rings. The van der Waals surface area contributed by atoms with E-state index in [9.17, 15) is 0 Å². The molecule has 0 aromatic heterocycles. The van der Waals surface area contributed by atoms with Crippen LogP contribution in [0, 0.1) is 0 Å². The Labute approximate surface area is 120 Å². The lowest BCUT2D eigenvalue weighted by Crippen LogP contribution is -2.39. The van der Waals surface area contributed by atoms with Crippen LogP contribution in [-0.2, 0) is 6.54 Å². The van der Waals surface area contributed by atoms with E-state index in [4.69, 9.17) is 4.74 Å². The van der Waals surface area contributed by atoms with Gasteiger partial charge in [-0.15, -0.1) is 0 Å². The van der Waals surface area contributed by atoms with E-state index in [1.54, 1.807) is 7.11 Å². The largest absolute Gasteiger partial charge is 0.497 e. The molecule has 0 aliphatic heterocycles. The first kappa shape index (κ1) is 13.2. The van der Waals surface area contributed by atoms with Gasteiger partial charge in [0.1, 0.15) is 5.75 Å². The van der Waals surface area contributed by atoms with E-state index in [1.165, 1.54) is 24.0 Å². The average molecular weight is 267 g/mol. The zero-order chi connectivity index (χ0) is 13.8. The third kappa shape index (κ3) is 3.02. The summed E-state index contributed by atoms with van der Waals surface area (Å²) < 4.78 is 5.29. The maximum atomic E-state index is 5.29. The second-order valence-corrected chi connectivity index (χ2v) is 5.51. The Morgan fingerprint density at radius 1 is 1.05 bits per heavy atom. The van der Waals surface area contributed by atoms with Crippen LogP contribution in [0.25, 0.3) is 0 Å². The Bertz CT molecular complexity index is 546. The molecule has 1 N–H and O–H groups in total. The van der Waals surface area contributed by atoms with Crippen LogP contribution in [0.4, 0.5) is 0 Å². The smallest absolute Gasteiger partial charge is 0.119 e. The zero-order valence-electron chi connectivity index (χ0n) is 11.9. The highest BCUT2D eigenvalue weighted by Crippen LogP contribution is 2.38. The minimum atomic E-state index is 0.645. The third-order valence-corrected chi connectivity index (χ3v) is 4.14. The number of rotatable bonds is 5. The number of ether oxygens (including phenoxy) is 1. The van der Waals surface area contributed by atoms with Gasteiger partial charge in [-0.3, -0.25) is 0 Å². The van der Waals surface area contributed by atoms with Crippen LogP contribution in [-0.4, -0.2) is 13.2 Å². The Morgan fingerprint density at radius 2 is 1.85 bits per heavy atom. The Morgan fingerprint density at radius 3 is 2.60 bits per heavy atom. The van der Waals surface area contributed by atoms with E-state index in [-0.39, 0.29) is 0 Å². The summed E-state index contributed by atoms with van der Waals surface area (Å²) >= 11 is 0. The van der Waals surface area contributed by atoms with Crippen LogP contribution in [0.2, 0.25) is 0 Å². The molecular formula is C18H21NO. The van der Waals surface area contributed by atoms with Crippen molar-refractivity contribution in [2.75, 3.05) is 7.11 Å². The predicted octanol–water partition coefficient (Wildman–Crippen LogP) is 3.73. The van der Waals surface area contributed by atoms with E-state index in [1.807, 2.05) is 6.07 Å². The fraction of sp³-hybridized carbons (Fsp3) is 0.333. The standard InChI is InChI=1S/C18H21NO/c1-20-18-9-5-8-15(12-18)16-10-17(11-16)19-13-14-6-3-2-4-7-14/h2-9,12,16-17,19H,10-11,13H2,1H3. The molecule has 0 radical (unpaired) electrons. The van der Waals surface area contributed by atoms with Crippen molar-refractivity contribution in [2.24, 2.45) is 0 Å². The Hall–Kier alpha value is -1.80. The van der Waals surface area contributed by atoms with E-state index in [0.717, 1.165) is 12.3 Å². The molecule has 0 amide bonds. The minimum absolute atomic E-state index is 0.645. The predicted molar refractivity (Wildman–Crippen MR) is 82.0 cm³/mol. The molecule has 0 unspecified atom stereocenters. The van der Waals surface area contributed by atoms with Crippen molar-refractivity contribution in [3.63, 3.8) is 0 Å². The Kier molecular flexibility index (Phi) is 4.03. The molecule has 20 heavy (non-hydrogen) atoms. The quantitative estimate of drug-likeness (QED) is 0.891. The van der Waals surface area contributed by atoms with Gasteiger partial charge in [0.25, 0.3) is 0 Å². The fourth-order valence-corrected chi connectivity index (χ4v) is 2.81. The summed E-state index contributed by atoms with van der Waals surface area (Å²) in [7, 11) is 1.73. The first-order chi connectivity index (χ1) is 9.85. The highest BCUT2D eigenvalue weighted by Gasteiger charge is 2.29. The first-order valence-electron chi connectivity index (χ1n) is 7.26. The molecule has 2 aromatic carbocycles. The molecule has 1 fully saturated rings. The van der Waals surface area contributed by atoms with Crippen LogP contribution >= 0.6 is 0 Å². The van der Waals surface area contributed by atoms with E-state index in [0.29, 0.717) is 12.0 Å². The number of methoxy groups -OCH3 is 1. The first-order valence-corrected chi connectivity index (χ1v) is 7.26. The van der Waals surface area contributed by atoms with Crippen LogP contribution in [0.5, 0.6) is 5.75 Å². The maximum Gasteiger partial charge on any atom is 0.119 e. The highest BCUT2D eigenvalue weighted by atomic mass is 16.5. The van der Waals surface area contributed by atoms with Gasteiger partial charge in [-0.2, -0.15) is 0 Å². The van der Waals surface area contributed by atoms with Crippen molar-refractivity contribution in [2.45, 2.75) is 31.3 Å². The Balaban J connectivity index is 1.49. The molecule has 104 valence electrons. The third-order valence-electron chi connectivity index (χ3n) is 4.14. The zero-order valence-corrected chi connectivity index (χ0v) is 11.9. The van der Waals surface area contributed by atoms with Gasteiger partial charge in [0.15, 0.2) is 0 Å². The number of benzene rings is 2. The van der Waals surface area contributed by atoms with E-state index in [2.05, 4.69) is 53.8 Å². The van der Waals surface area contributed by atoms with Crippen molar-refractivity contribution < 1.29 is 4.74 Å². The van der Waals surface area contributed by atoms with Gasteiger partial charge in [0, 0.05) is 12.6 Å². The second kappa shape index (κ2) is 6.10. The lowest BCUT2D eigenvalue weighted by Gasteiger charge is -2.36. The summed E-state index contributed by atoms with van der Waals surface area (Å²) in [5.41, 5.74) is 2.76. The van der Waals surface area contributed by atoms with Crippen molar-refractivity contribution in [1.29, 1.82) is 0 Å². The van der Waals surface area contributed by atoms with Crippen LogP contribution in [0.3, 0.4) is 0 Å². The number of nitrogens with one attached hydrogen (secondary N) is 1. The van der Waals surface area contributed by atoms with Crippen molar-refractivity contribution in [3.05, 3.63) is 65.7 Å². The molecule has 0 bridgehead atoms. The summed E-state index contributed by atoms with van der Waals surface area (Å²) in [4.78, 5) is 0. The monoisotopic (exact) mass is 267 g/mol.